The van der Waals surface area contributed by atoms with Crippen LogP contribution < -0.4 is 16.0 Å². The van der Waals surface area contributed by atoms with Gasteiger partial charge in [0.2, 0.25) is 10.0 Å². The van der Waals surface area contributed by atoms with E-state index in [9.17, 15) is 8.42 Å². The first-order valence-corrected chi connectivity index (χ1v) is 16.3. The van der Waals surface area contributed by atoms with Gasteiger partial charge in [-0.05, 0) is 91.3 Å². The van der Waals surface area contributed by atoms with Gasteiger partial charge in [0, 0.05) is 55.2 Å². The van der Waals surface area contributed by atoms with E-state index in [0.29, 0.717) is 37.8 Å². The summed E-state index contributed by atoms with van der Waals surface area (Å²) in [6, 6.07) is 17.6. The van der Waals surface area contributed by atoms with Crippen molar-refractivity contribution in [2.24, 2.45) is 5.73 Å². The molecule has 1 atom stereocenters. The van der Waals surface area contributed by atoms with E-state index in [4.69, 9.17) is 15.5 Å². The molecule has 3 aliphatic rings. The molecule has 0 bridgehead atoms. The molecule has 0 saturated carbocycles. The molecule has 2 aromatic heterocycles. The largest absolute Gasteiger partial charge is 0.379 e. The molecule has 7 rings (SSSR count). The summed E-state index contributed by atoms with van der Waals surface area (Å²) in [5.41, 5.74) is 14.1. The number of rotatable bonds is 6. The van der Waals surface area contributed by atoms with Crippen molar-refractivity contribution in [1.29, 1.82) is 0 Å². The molecule has 2 aliphatic heterocycles. The monoisotopic (exact) mass is 584 g/mol. The molecule has 3 N–H and O–H groups in total. The molecule has 9 nitrogen and oxygen atoms in total. The smallest absolute Gasteiger partial charge is 0.243 e. The zero-order chi connectivity index (χ0) is 28.7. The summed E-state index contributed by atoms with van der Waals surface area (Å²) >= 11 is 0. The maximum absolute atomic E-state index is 13.2. The number of sulfonamides is 1. The van der Waals surface area contributed by atoms with Crippen LogP contribution in [0.25, 0.3) is 22.0 Å². The minimum absolute atomic E-state index is 0.201. The lowest BCUT2D eigenvalue weighted by atomic mass is 9.91. The average molecular weight is 585 g/mol. The van der Waals surface area contributed by atoms with Crippen molar-refractivity contribution in [3.63, 3.8) is 0 Å². The number of nitrogens with zero attached hydrogens (tertiary/aromatic N) is 4. The van der Waals surface area contributed by atoms with Gasteiger partial charge >= 0.3 is 0 Å². The number of hydrogen-bond acceptors (Lipinski definition) is 8. The Balaban J connectivity index is 1.21. The van der Waals surface area contributed by atoms with Gasteiger partial charge in [-0.1, -0.05) is 12.1 Å². The molecule has 42 heavy (non-hydrogen) atoms. The molecule has 0 radical (unpaired) electrons. The highest BCUT2D eigenvalue weighted by molar-refractivity contribution is 7.89. The van der Waals surface area contributed by atoms with Gasteiger partial charge in [-0.3, -0.25) is 4.98 Å². The van der Waals surface area contributed by atoms with Crippen LogP contribution in [0, 0.1) is 0 Å². The first-order chi connectivity index (χ1) is 20.5. The quantitative estimate of drug-likeness (QED) is 0.341. The second-order valence-electron chi connectivity index (χ2n) is 11.4. The van der Waals surface area contributed by atoms with Crippen LogP contribution in [0.3, 0.4) is 0 Å². The normalized spacial score (nSPS) is 19.6. The minimum atomic E-state index is -3.60. The standard InChI is InChI=1S/C32H36N6O3S/c33-24-11-13-37(21-24)32-27-6-1-2-7-29(27)36-30-9-8-22(18-28(30)32)23-10-12-34-31(19-23)35-25-4-3-5-26(20-25)42(39,40)38-14-16-41-17-15-38/h3-5,8-10,12,18-20,24H,1-2,6-7,11,13-17,21,33H2,(H,34,35)/t24-/m0/s1. The maximum Gasteiger partial charge on any atom is 0.243 e. The Labute approximate surface area is 246 Å². The topological polar surface area (TPSA) is 114 Å². The molecule has 0 unspecified atom stereocenters. The van der Waals surface area contributed by atoms with E-state index in [0.717, 1.165) is 49.0 Å². The molecular formula is C32H36N6O3S. The van der Waals surface area contributed by atoms with Gasteiger partial charge < -0.3 is 20.7 Å². The second kappa shape index (κ2) is 11.3. The number of benzene rings is 2. The first-order valence-electron chi connectivity index (χ1n) is 14.8. The van der Waals surface area contributed by atoms with E-state index in [1.807, 2.05) is 18.2 Å². The lowest BCUT2D eigenvalue weighted by Crippen LogP contribution is -2.40. The fourth-order valence-electron chi connectivity index (χ4n) is 6.43. The highest BCUT2D eigenvalue weighted by atomic mass is 32.2. The predicted octanol–water partition coefficient (Wildman–Crippen LogP) is 4.48. The average Bonchev–Trinajstić information content (AvgIpc) is 3.45. The number of nitrogens with one attached hydrogen (secondary N) is 1. The fraction of sp³-hybridized carbons (Fsp3) is 0.375. The van der Waals surface area contributed by atoms with Crippen molar-refractivity contribution in [3.05, 3.63) is 72.1 Å². The van der Waals surface area contributed by atoms with Gasteiger partial charge in [-0.25, -0.2) is 13.4 Å². The van der Waals surface area contributed by atoms with Crippen molar-refractivity contribution >= 4 is 38.1 Å². The number of morpholine rings is 1. The summed E-state index contributed by atoms with van der Waals surface area (Å²) in [6.45, 7) is 3.39. The molecule has 218 valence electrons. The van der Waals surface area contributed by atoms with Gasteiger partial charge in [-0.15, -0.1) is 0 Å². The summed E-state index contributed by atoms with van der Waals surface area (Å²) in [6.07, 6.45) is 7.27. The maximum atomic E-state index is 13.2. The molecule has 10 heteroatoms. The van der Waals surface area contributed by atoms with Crippen LogP contribution in [0.2, 0.25) is 0 Å². The van der Waals surface area contributed by atoms with Crippen LogP contribution in [0.1, 0.15) is 30.5 Å². The van der Waals surface area contributed by atoms with Gasteiger partial charge in [0.15, 0.2) is 0 Å². The van der Waals surface area contributed by atoms with Crippen LogP contribution in [0.4, 0.5) is 17.2 Å². The SMILES string of the molecule is N[C@H]1CCN(c2c3c(nc4ccc(-c5ccnc(Nc6cccc(S(=O)(=O)N7CCOCC7)c6)c5)cc24)CCCC3)C1. The van der Waals surface area contributed by atoms with Crippen LogP contribution in [-0.2, 0) is 27.6 Å². The van der Waals surface area contributed by atoms with E-state index in [2.05, 4.69) is 33.4 Å². The summed E-state index contributed by atoms with van der Waals surface area (Å²) in [5.74, 6) is 0.642. The molecular weight excluding hydrogens is 548 g/mol. The van der Waals surface area contributed by atoms with Gasteiger partial charge in [0.05, 0.1) is 29.3 Å². The molecule has 4 aromatic rings. The summed E-state index contributed by atoms with van der Waals surface area (Å²) < 4.78 is 33.2. The summed E-state index contributed by atoms with van der Waals surface area (Å²) in [5, 5.41) is 4.49. The third-order valence-electron chi connectivity index (χ3n) is 8.58. The number of pyridine rings is 2. The Kier molecular flexibility index (Phi) is 7.31. The Morgan fingerprint density at radius 1 is 0.952 bits per heavy atom. The molecule has 2 saturated heterocycles. The van der Waals surface area contributed by atoms with Crippen LogP contribution >= 0.6 is 0 Å². The van der Waals surface area contributed by atoms with Crippen molar-refractivity contribution < 1.29 is 13.2 Å². The number of aryl methyl sites for hydroxylation is 1. The van der Waals surface area contributed by atoms with E-state index >= 15 is 0 Å². The van der Waals surface area contributed by atoms with E-state index in [1.165, 1.54) is 39.5 Å². The number of hydrogen-bond donors (Lipinski definition) is 2. The Bertz CT molecular complexity index is 1740. The lowest BCUT2D eigenvalue weighted by molar-refractivity contribution is 0.0730. The minimum Gasteiger partial charge on any atom is -0.379 e. The van der Waals surface area contributed by atoms with Gasteiger partial charge in [0.1, 0.15) is 5.82 Å². The van der Waals surface area contributed by atoms with E-state index in [1.54, 1.807) is 24.4 Å². The first kappa shape index (κ1) is 27.3. The number of anilines is 3. The molecule has 0 spiro atoms. The molecule has 4 heterocycles. The molecule has 2 aromatic carbocycles. The van der Waals surface area contributed by atoms with Crippen molar-refractivity contribution in [1.82, 2.24) is 14.3 Å². The summed E-state index contributed by atoms with van der Waals surface area (Å²) in [4.78, 5) is 12.4. The molecule has 1 aliphatic carbocycles. The summed E-state index contributed by atoms with van der Waals surface area (Å²) in [7, 11) is -3.60. The number of ether oxygens (including phenoxy) is 1. The Morgan fingerprint density at radius 2 is 1.79 bits per heavy atom. The number of fused-ring (bicyclic) bond motifs is 2. The lowest BCUT2D eigenvalue weighted by Gasteiger charge is -2.28. The third kappa shape index (κ3) is 5.24. The zero-order valence-corrected chi connectivity index (χ0v) is 24.4. The Hall–Kier alpha value is -3.57. The highest BCUT2D eigenvalue weighted by Gasteiger charge is 2.28. The Morgan fingerprint density at radius 3 is 2.62 bits per heavy atom. The molecule has 2 fully saturated rings. The predicted molar refractivity (Wildman–Crippen MR) is 166 cm³/mol. The van der Waals surface area contributed by atoms with E-state index < -0.39 is 10.0 Å². The highest BCUT2D eigenvalue weighted by Crippen LogP contribution is 2.39. The van der Waals surface area contributed by atoms with Crippen LogP contribution in [-0.4, -0.2) is 68.1 Å². The van der Waals surface area contributed by atoms with Crippen molar-refractivity contribution in [2.75, 3.05) is 49.6 Å². The van der Waals surface area contributed by atoms with Crippen molar-refractivity contribution in [2.45, 2.75) is 43.0 Å². The van der Waals surface area contributed by atoms with E-state index in [-0.39, 0.29) is 10.9 Å². The fourth-order valence-corrected chi connectivity index (χ4v) is 7.88. The second-order valence-corrected chi connectivity index (χ2v) is 13.4. The van der Waals surface area contributed by atoms with Gasteiger partial charge in [0.25, 0.3) is 0 Å². The van der Waals surface area contributed by atoms with Crippen LogP contribution in [0.5, 0.6) is 0 Å². The van der Waals surface area contributed by atoms with Gasteiger partial charge in [-0.2, -0.15) is 4.31 Å². The number of nitrogens with two attached hydrogens (primary N) is 1. The number of aromatic nitrogens is 2. The third-order valence-corrected chi connectivity index (χ3v) is 10.5. The van der Waals surface area contributed by atoms with Crippen LogP contribution in [0.15, 0.2) is 65.7 Å². The molecule has 0 amide bonds. The van der Waals surface area contributed by atoms with Crippen molar-refractivity contribution in [3.8, 4) is 11.1 Å². The zero-order valence-electron chi connectivity index (χ0n) is 23.6.